The number of hydrogen-bond donors (Lipinski definition) is 1. The van der Waals surface area contributed by atoms with Gasteiger partial charge in [0.2, 0.25) is 0 Å². The summed E-state index contributed by atoms with van der Waals surface area (Å²) in [5, 5.41) is 14.1. The molecule has 2 aromatic carbocycles. The number of hydrogen-bond acceptors (Lipinski definition) is 8. The fourth-order valence-corrected chi connectivity index (χ4v) is 4.35. The van der Waals surface area contributed by atoms with Gasteiger partial charge in [-0.1, -0.05) is 23.7 Å². The van der Waals surface area contributed by atoms with E-state index in [1.807, 2.05) is 30.5 Å². The molecule has 11 heteroatoms. The Morgan fingerprint density at radius 1 is 1.32 bits per heavy atom. The Balaban J connectivity index is 1.67. The van der Waals surface area contributed by atoms with Crippen LogP contribution < -0.4 is 5.32 Å². The van der Waals surface area contributed by atoms with Crippen molar-refractivity contribution in [1.29, 1.82) is 0 Å². The largest absolute Gasteiger partial charge is 0.457 e. The topological polar surface area (TPSA) is 111 Å². The van der Waals surface area contributed by atoms with Crippen molar-refractivity contribution in [3.8, 4) is 0 Å². The van der Waals surface area contributed by atoms with E-state index in [1.165, 1.54) is 35.2 Å². The first kappa shape index (κ1) is 23.0. The maximum absolute atomic E-state index is 12.6. The van der Waals surface area contributed by atoms with Gasteiger partial charge in [0.05, 0.1) is 25.7 Å². The van der Waals surface area contributed by atoms with Crippen molar-refractivity contribution in [3.63, 3.8) is 0 Å². The maximum Gasteiger partial charge on any atom is 0.329 e. The Hall–Kier alpha value is -2.69. The molecule has 0 saturated carbocycles. The van der Waals surface area contributed by atoms with Crippen molar-refractivity contribution in [1.82, 2.24) is 10.3 Å². The Labute approximate surface area is 191 Å². The summed E-state index contributed by atoms with van der Waals surface area (Å²) in [7, 11) is 0. The summed E-state index contributed by atoms with van der Waals surface area (Å²) in [5.41, 5.74) is 0.648. The van der Waals surface area contributed by atoms with Crippen molar-refractivity contribution in [2.75, 3.05) is 12.0 Å². The van der Waals surface area contributed by atoms with Crippen molar-refractivity contribution < 1.29 is 19.2 Å². The van der Waals surface area contributed by atoms with Gasteiger partial charge in [0.25, 0.3) is 11.6 Å². The van der Waals surface area contributed by atoms with E-state index in [2.05, 4.69) is 10.3 Å². The second-order valence-corrected chi connectivity index (χ2v) is 8.92. The SMILES string of the molecule is CSCC[C@H](NC(=O)c1ccc([N+](=O)[O-])cc1Cl)C(=O)OCc1nc2ccccc2s1. The van der Waals surface area contributed by atoms with Crippen molar-refractivity contribution >= 4 is 62.5 Å². The summed E-state index contributed by atoms with van der Waals surface area (Å²) in [6.45, 7) is 0.00209. The highest BCUT2D eigenvalue weighted by atomic mass is 35.5. The highest BCUT2D eigenvalue weighted by Crippen LogP contribution is 2.24. The molecule has 8 nitrogen and oxygen atoms in total. The number of amides is 1. The summed E-state index contributed by atoms with van der Waals surface area (Å²) in [4.78, 5) is 39.9. The summed E-state index contributed by atoms with van der Waals surface area (Å²) in [6.07, 6.45) is 2.24. The van der Waals surface area contributed by atoms with Crippen LogP contribution in [-0.4, -0.2) is 39.8 Å². The number of nitro groups is 1. The van der Waals surface area contributed by atoms with Crippen LogP contribution in [0.3, 0.4) is 0 Å². The number of benzene rings is 2. The third kappa shape index (κ3) is 5.93. The number of thioether (sulfide) groups is 1. The van der Waals surface area contributed by atoms with E-state index < -0.39 is 22.8 Å². The summed E-state index contributed by atoms with van der Waals surface area (Å²) in [6, 6.07) is 10.3. The standard InChI is InChI=1S/C20H18ClN3O5S2/c1-30-9-8-16(23-19(25)13-7-6-12(24(27)28)10-14(13)21)20(26)29-11-18-22-15-4-2-3-5-17(15)31-18/h2-7,10,16H,8-9,11H2,1H3,(H,23,25)/t16-/m0/s1. The molecule has 1 atom stereocenters. The molecule has 0 aliphatic carbocycles. The van der Waals surface area contributed by atoms with E-state index in [9.17, 15) is 19.7 Å². The van der Waals surface area contributed by atoms with Crippen LogP contribution in [0.1, 0.15) is 21.8 Å². The molecule has 1 N–H and O–H groups in total. The summed E-state index contributed by atoms with van der Waals surface area (Å²) in [5.74, 6) is -0.572. The van der Waals surface area contributed by atoms with E-state index in [0.717, 1.165) is 16.3 Å². The third-order valence-corrected chi connectivity index (χ3v) is 6.25. The van der Waals surface area contributed by atoms with Crippen LogP contribution in [0.4, 0.5) is 5.69 Å². The third-order valence-electron chi connectivity index (χ3n) is 4.28. The number of nitro benzene ring substituents is 1. The molecule has 1 amide bonds. The molecule has 31 heavy (non-hydrogen) atoms. The minimum absolute atomic E-state index is 0.00209. The van der Waals surface area contributed by atoms with E-state index >= 15 is 0 Å². The minimum Gasteiger partial charge on any atom is -0.457 e. The van der Waals surface area contributed by atoms with Gasteiger partial charge in [0, 0.05) is 12.1 Å². The van der Waals surface area contributed by atoms with Crippen molar-refractivity contribution in [2.24, 2.45) is 0 Å². The second-order valence-electron chi connectivity index (χ2n) is 6.41. The molecule has 3 rings (SSSR count). The molecule has 0 fully saturated rings. The van der Waals surface area contributed by atoms with Gasteiger partial charge in [0.1, 0.15) is 17.7 Å². The highest BCUT2D eigenvalue weighted by Gasteiger charge is 2.24. The fourth-order valence-electron chi connectivity index (χ4n) is 2.74. The van der Waals surface area contributed by atoms with E-state index in [4.69, 9.17) is 16.3 Å². The number of aromatic nitrogens is 1. The van der Waals surface area contributed by atoms with Gasteiger partial charge in [0.15, 0.2) is 0 Å². The molecular weight excluding hydrogens is 462 g/mol. The molecule has 0 spiro atoms. The van der Waals surface area contributed by atoms with E-state index in [0.29, 0.717) is 17.2 Å². The number of esters is 1. The quantitative estimate of drug-likeness (QED) is 0.274. The Bertz CT molecular complexity index is 1090. The normalized spacial score (nSPS) is 11.8. The van der Waals surface area contributed by atoms with E-state index in [-0.39, 0.29) is 22.9 Å². The van der Waals surface area contributed by atoms with Gasteiger partial charge in [-0.25, -0.2) is 9.78 Å². The first-order valence-corrected chi connectivity index (χ1v) is 11.7. The van der Waals surface area contributed by atoms with Gasteiger partial charge >= 0.3 is 5.97 Å². The molecule has 1 aromatic heterocycles. The van der Waals surface area contributed by atoms with Crippen LogP contribution in [0.15, 0.2) is 42.5 Å². The molecule has 0 aliphatic rings. The molecule has 1 heterocycles. The molecule has 0 aliphatic heterocycles. The second kappa shape index (κ2) is 10.6. The predicted molar refractivity (Wildman–Crippen MR) is 122 cm³/mol. The number of ether oxygens (including phenoxy) is 1. The van der Waals surface area contributed by atoms with Crippen LogP contribution in [0, 0.1) is 10.1 Å². The van der Waals surface area contributed by atoms with Crippen LogP contribution in [0.25, 0.3) is 10.2 Å². The highest BCUT2D eigenvalue weighted by molar-refractivity contribution is 7.98. The number of halogens is 1. The number of nitrogens with zero attached hydrogens (tertiary/aromatic N) is 2. The molecule has 0 radical (unpaired) electrons. The number of fused-ring (bicyclic) bond motifs is 1. The van der Waals surface area contributed by atoms with Crippen LogP contribution >= 0.6 is 34.7 Å². The number of non-ortho nitro benzene ring substituents is 1. The number of rotatable bonds is 9. The Kier molecular flexibility index (Phi) is 7.83. The number of carbonyl (C=O) groups is 2. The summed E-state index contributed by atoms with van der Waals surface area (Å²) >= 11 is 8.98. The lowest BCUT2D eigenvalue weighted by atomic mass is 10.1. The fraction of sp³-hybridized carbons (Fsp3) is 0.250. The number of nitrogens with one attached hydrogen (secondary N) is 1. The van der Waals surface area contributed by atoms with Gasteiger partial charge in [-0.2, -0.15) is 11.8 Å². The maximum atomic E-state index is 12.6. The van der Waals surface area contributed by atoms with Crippen LogP contribution in [0.5, 0.6) is 0 Å². The average Bonchev–Trinajstić information content (AvgIpc) is 3.17. The average molecular weight is 480 g/mol. The van der Waals surface area contributed by atoms with Gasteiger partial charge in [-0.3, -0.25) is 14.9 Å². The molecule has 162 valence electrons. The van der Waals surface area contributed by atoms with Gasteiger partial charge in [-0.15, -0.1) is 11.3 Å². The number of thiazole rings is 1. The molecule has 0 saturated heterocycles. The smallest absolute Gasteiger partial charge is 0.329 e. The predicted octanol–water partition coefficient (Wildman–Crippen LogP) is 4.45. The zero-order valence-electron chi connectivity index (χ0n) is 16.4. The lowest BCUT2D eigenvalue weighted by molar-refractivity contribution is -0.384. The van der Waals surface area contributed by atoms with Gasteiger partial charge < -0.3 is 10.1 Å². The van der Waals surface area contributed by atoms with Crippen molar-refractivity contribution in [3.05, 3.63) is 68.2 Å². The monoisotopic (exact) mass is 479 g/mol. The number of carbonyl (C=O) groups excluding carboxylic acids is 2. The lowest BCUT2D eigenvalue weighted by Crippen LogP contribution is -2.42. The van der Waals surface area contributed by atoms with Crippen molar-refractivity contribution in [2.45, 2.75) is 19.1 Å². The zero-order chi connectivity index (χ0) is 22.4. The van der Waals surface area contributed by atoms with E-state index in [1.54, 1.807) is 0 Å². The molecule has 3 aromatic rings. The summed E-state index contributed by atoms with van der Waals surface area (Å²) < 4.78 is 6.39. The van der Waals surface area contributed by atoms with Gasteiger partial charge in [-0.05, 0) is 36.6 Å². The lowest BCUT2D eigenvalue weighted by Gasteiger charge is -2.17. The zero-order valence-corrected chi connectivity index (χ0v) is 18.8. The first-order chi connectivity index (χ1) is 14.9. The number of para-hydroxylation sites is 1. The van der Waals surface area contributed by atoms with Crippen LogP contribution in [0.2, 0.25) is 5.02 Å². The molecular formula is C20H18ClN3O5S2. The Morgan fingerprint density at radius 2 is 2.10 bits per heavy atom. The molecule has 0 bridgehead atoms. The first-order valence-electron chi connectivity index (χ1n) is 9.14. The Morgan fingerprint density at radius 3 is 2.77 bits per heavy atom. The molecule has 0 unspecified atom stereocenters. The van der Waals surface area contributed by atoms with Crippen LogP contribution in [-0.2, 0) is 16.1 Å². The minimum atomic E-state index is -0.888.